The van der Waals surface area contributed by atoms with Gasteiger partial charge in [0.25, 0.3) is 5.91 Å². The lowest BCUT2D eigenvalue weighted by Gasteiger charge is -2.40. The van der Waals surface area contributed by atoms with Crippen molar-refractivity contribution in [2.24, 2.45) is 34.3 Å². The molecule has 5 amide bonds. The fraction of sp³-hybridized carbons (Fsp3) is 0.828. The second-order valence-corrected chi connectivity index (χ2v) is 14.4. The first kappa shape index (κ1) is 29.3. The van der Waals surface area contributed by atoms with Gasteiger partial charge in [0.2, 0.25) is 17.6 Å². The molecule has 0 aromatic carbocycles. The molecule has 3 aliphatic carbocycles. The van der Waals surface area contributed by atoms with Crippen LogP contribution in [0.3, 0.4) is 0 Å². The number of urea groups is 1. The molecular weight excluding hydrogens is 498 g/mol. The second kappa shape index (κ2) is 10.4. The quantitative estimate of drug-likeness (QED) is 0.328. The third-order valence-electron chi connectivity index (χ3n) is 9.88. The SMILES string of the molecule is CC(C)(C)NC(=O)N[C@H](C(=O)N1C[C@H]2[C@@H]([C@H]1C(=O)NC(CC1CCC1)C(=O)C(N)=O)C2(C)C)C1(C)CCCC1. The summed E-state index contributed by atoms with van der Waals surface area (Å²) < 4.78 is 0. The van der Waals surface area contributed by atoms with Crippen LogP contribution in [-0.4, -0.2) is 64.6 Å². The van der Waals surface area contributed by atoms with E-state index in [-0.39, 0.29) is 29.1 Å². The Morgan fingerprint density at radius 3 is 2.10 bits per heavy atom. The Balaban J connectivity index is 1.58. The summed E-state index contributed by atoms with van der Waals surface area (Å²) >= 11 is 0. The molecule has 0 bridgehead atoms. The van der Waals surface area contributed by atoms with E-state index in [0.717, 1.165) is 44.9 Å². The highest BCUT2D eigenvalue weighted by Gasteiger charge is 2.70. The molecule has 4 rings (SSSR count). The summed E-state index contributed by atoms with van der Waals surface area (Å²) in [5.74, 6) is -2.19. The van der Waals surface area contributed by atoms with E-state index in [2.05, 4.69) is 29.8 Å². The summed E-state index contributed by atoms with van der Waals surface area (Å²) in [6.45, 7) is 12.3. The van der Waals surface area contributed by atoms with Crippen LogP contribution in [0.2, 0.25) is 0 Å². The Hall–Kier alpha value is -2.65. The maximum absolute atomic E-state index is 14.3. The van der Waals surface area contributed by atoms with Gasteiger partial charge in [0.15, 0.2) is 0 Å². The number of fused-ring (bicyclic) bond motifs is 1. The van der Waals surface area contributed by atoms with Crippen molar-refractivity contribution in [2.75, 3.05) is 6.54 Å². The average Bonchev–Trinajstić information content (AvgIpc) is 3.19. The molecular formula is C29H47N5O5. The standard InChI is InChI=1S/C29H47N5O5/c1-27(2,3)33-26(39)32-22(29(6)12-7-8-13-29)25(38)34-15-17-19(28(17,4)5)20(34)24(37)31-18(21(35)23(30)36)14-16-10-9-11-16/h16-20,22H,7-15H2,1-6H3,(H2,30,36)(H,31,37)(H2,32,33,39)/t17-,18?,19-,20-,22+/m0/s1. The molecule has 1 saturated heterocycles. The lowest BCUT2D eigenvalue weighted by molar-refractivity contribution is -0.145. The normalized spacial score (nSPS) is 28.5. The van der Waals surface area contributed by atoms with Gasteiger partial charge in [0, 0.05) is 12.1 Å². The van der Waals surface area contributed by atoms with E-state index in [1.165, 1.54) is 0 Å². The summed E-state index contributed by atoms with van der Waals surface area (Å²) in [6, 6.07) is -2.96. The van der Waals surface area contributed by atoms with Crippen LogP contribution in [0.1, 0.15) is 92.9 Å². The molecule has 0 aromatic rings. The molecule has 0 spiro atoms. The van der Waals surface area contributed by atoms with Crippen LogP contribution < -0.4 is 21.7 Å². The van der Waals surface area contributed by atoms with Crippen LogP contribution in [0, 0.1) is 28.6 Å². The van der Waals surface area contributed by atoms with Gasteiger partial charge < -0.3 is 26.6 Å². The number of likely N-dealkylation sites (tertiary alicyclic amines) is 1. The summed E-state index contributed by atoms with van der Waals surface area (Å²) in [5, 5.41) is 8.69. The minimum Gasteiger partial charge on any atom is -0.363 e. The molecule has 10 nitrogen and oxygen atoms in total. The number of rotatable bonds is 9. The zero-order chi connectivity index (χ0) is 28.9. The molecule has 39 heavy (non-hydrogen) atoms. The van der Waals surface area contributed by atoms with Crippen molar-refractivity contribution in [3.63, 3.8) is 0 Å². The van der Waals surface area contributed by atoms with Crippen LogP contribution in [0.25, 0.3) is 0 Å². The van der Waals surface area contributed by atoms with Crippen LogP contribution >= 0.6 is 0 Å². The number of carbonyl (C=O) groups is 5. The van der Waals surface area contributed by atoms with Crippen molar-refractivity contribution in [3.8, 4) is 0 Å². The Labute approximate surface area is 231 Å². The number of nitrogens with one attached hydrogen (secondary N) is 3. The second-order valence-electron chi connectivity index (χ2n) is 14.4. The number of amides is 5. The van der Waals surface area contributed by atoms with Crippen molar-refractivity contribution in [1.82, 2.24) is 20.9 Å². The molecule has 4 fully saturated rings. The largest absolute Gasteiger partial charge is 0.363 e. The molecule has 3 saturated carbocycles. The van der Waals surface area contributed by atoms with Gasteiger partial charge in [0.05, 0.1) is 6.04 Å². The average molecular weight is 546 g/mol. The number of nitrogens with zero attached hydrogens (tertiary/aromatic N) is 1. The Bertz CT molecular complexity index is 1020. The summed E-state index contributed by atoms with van der Waals surface area (Å²) in [6.07, 6.45) is 6.90. The van der Waals surface area contributed by atoms with Crippen molar-refractivity contribution >= 4 is 29.5 Å². The van der Waals surface area contributed by atoms with E-state index in [9.17, 15) is 24.0 Å². The maximum Gasteiger partial charge on any atom is 0.315 e. The van der Waals surface area contributed by atoms with Crippen LogP contribution in [-0.2, 0) is 19.2 Å². The number of hydrogen-bond donors (Lipinski definition) is 4. The number of ketones is 1. The number of nitrogens with two attached hydrogens (primary N) is 1. The van der Waals surface area contributed by atoms with Crippen molar-refractivity contribution in [2.45, 2.75) is 117 Å². The Morgan fingerprint density at radius 2 is 1.59 bits per heavy atom. The minimum absolute atomic E-state index is 0.0603. The first-order chi connectivity index (χ1) is 18.0. The third kappa shape index (κ3) is 5.94. The van der Waals surface area contributed by atoms with Gasteiger partial charge in [-0.3, -0.25) is 19.2 Å². The monoisotopic (exact) mass is 545 g/mol. The maximum atomic E-state index is 14.3. The van der Waals surface area contributed by atoms with Gasteiger partial charge >= 0.3 is 6.03 Å². The summed E-state index contributed by atoms with van der Waals surface area (Å²) in [7, 11) is 0. The van der Waals surface area contributed by atoms with Gasteiger partial charge in [-0.25, -0.2) is 4.79 Å². The van der Waals surface area contributed by atoms with Gasteiger partial charge in [0.1, 0.15) is 12.1 Å². The van der Waals surface area contributed by atoms with E-state index < -0.39 is 52.7 Å². The number of Topliss-reactive ketones (excluding diaryl/α,β-unsaturated/α-hetero) is 1. The van der Waals surface area contributed by atoms with E-state index in [1.807, 2.05) is 27.7 Å². The Kier molecular flexibility index (Phi) is 7.82. The molecule has 0 aromatic heterocycles. The Morgan fingerprint density at radius 1 is 0.974 bits per heavy atom. The predicted molar refractivity (Wildman–Crippen MR) is 146 cm³/mol. The van der Waals surface area contributed by atoms with E-state index in [1.54, 1.807) is 4.90 Å². The molecule has 1 heterocycles. The molecule has 5 N–H and O–H groups in total. The van der Waals surface area contributed by atoms with E-state index >= 15 is 0 Å². The first-order valence-electron chi connectivity index (χ1n) is 14.6. The molecule has 5 atom stereocenters. The van der Waals surface area contributed by atoms with Gasteiger partial charge in [-0.1, -0.05) is 52.9 Å². The molecule has 0 radical (unpaired) electrons. The predicted octanol–water partition coefficient (Wildman–Crippen LogP) is 2.25. The number of piperidine rings is 1. The highest BCUT2D eigenvalue weighted by Crippen LogP contribution is 2.65. The van der Waals surface area contributed by atoms with Gasteiger partial charge in [-0.15, -0.1) is 0 Å². The van der Waals surface area contributed by atoms with E-state index in [4.69, 9.17) is 5.73 Å². The molecule has 1 unspecified atom stereocenters. The number of hydrogen-bond acceptors (Lipinski definition) is 5. The lowest BCUT2D eigenvalue weighted by Crippen LogP contribution is -2.62. The fourth-order valence-electron chi connectivity index (χ4n) is 7.21. The highest BCUT2D eigenvalue weighted by atomic mass is 16.2. The van der Waals surface area contributed by atoms with Crippen molar-refractivity contribution in [3.05, 3.63) is 0 Å². The third-order valence-corrected chi connectivity index (χ3v) is 9.88. The fourth-order valence-corrected chi connectivity index (χ4v) is 7.21. The van der Waals surface area contributed by atoms with Gasteiger partial charge in [-0.2, -0.15) is 0 Å². The number of carbonyl (C=O) groups excluding carboxylic acids is 5. The summed E-state index contributed by atoms with van der Waals surface area (Å²) in [4.78, 5) is 67.1. The minimum atomic E-state index is -1.06. The van der Waals surface area contributed by atoms with Gasteiger partial charge in [-0.05, 0) is 68.6 Å². The zero-order valence-electron chi connectivity index (χ0n) is 24.4. The molecule has 4 aliphatic rings. The first-order valence-corrected chi connectivity index (χ1v) is 14.6. The molecule has 218 valence electrons. The molecule has 1 aliphatic heterocycles. The van der Waals surface area contributed by atoms with Crippen molar-refractivity contribution in [1.29, 1.82) is 0 Å². The smallest absolute Gasteiger partial charge is 0.315 e. The van der Waals surface area contributed by atoms with Crippen LogP contribution in [0.4, 0.5) is 4.79 Å². The summed E-state index contributed by atoms with van der Waals surface area (Å²) in [5.41, 5.74) is 4.29. The van der Waals surface area contributed by atoms with Crippen LogP contribution in [0.5, 0.6) is 0 Å². The van der Waals surface area contributed by atoms with Crippen LogP contribution in [0.15, 0.2) is 0 Å². The van der Waals surface area contributed by atoms with Crippen molar-refractivity contribution < 1.29 is 24.0 Å². The lowest BCUT2D eigenvalue weighted by atomic mass is 9.79. The van der Waals surface area contributed by atoms with E-state index in [0.29, 0.717) is 13.0 Å². The topological polar surface area (TPSA) is 151 Å². The highest BCUT2D eigenvalue weighted by molar-refractivity contribution is 6.37. The number of primary amides is 1. The zero-order valence-corrected chi connectivity index (χ0v) is 24.4. The molecule has 10 heteroatoms.